The maximum absolute atomic E-state index is 6.71. The average molecular weight is 450 g/mol. The Labute approximate surface area is 168 Å². The van der Waals surface area contributed by atoms with Crippen LogP contribution in [0.3, 0.4) is 0 Å². The van der Waals surface area contributed by atoms with E-state index in [1.54, 1.807) is 11.8 Å². The minimum absolute atomic E-state index is 0.935. The Morgan fingerprint density at radius 2 is 1.50 bits per heavy atom. The van der Waals surface area contributed by atoms with Gasteiger partial charge in [-0.2, -0.15) is 0 Å². The third-order valence-corrected chi connectivity index (χ3v) is 18.1. The van der Waals surface area contributed by atoms with E-state index >= 15 is 0 Å². The minimum atomic E-state index is -2.33. The molecule has 150 valence electrons. The number of rotatable bonds is 10. The lowest BCUT2D eigenvalue weighted by Gasteiger charge is -2.41. The third kappa shape index (κ3) is 9.92. The Balaban J connectivity index is 2.84. The fourth-order valence-corrected chi connectivity index (χ4v) is 22.6. The van der Waals surface area contributed by atoms with Crippen molar-refractivity contribution in [3.05, 3.63) is 18.5 Å². The van der Waals surface area contributed by atoms with Gasteiger partial charge in [0.25, 0.3) is 0 Å². The van der Waals surface area contributed by atoms with Crippen molar-refractivity contribution in [2.75, 3.05) is 5.75 Å². The van der Waals surface area contributed by atoms with Gasteiger partial charge in [0.2, 0.25) is 0 Å². The van der Waals surface area contributed by atoms with Crippen LogP contribution >= 0.6 is 11.8 Å². The van der Waals surface area contributed by atoms with Crippen LogP contribution in [0.1, 0.15) is 0 Å². The summed E-state index contributed by atoms with van der Waals surface area (Å²) in [5, 5.41) is 1.02. The van der Waals surface area contributed by atoms with Crippen molar-refractivity contribution in [1.82, 2.24) is 4.98 Å². The first kappa shape index (κ1) is 24.2. The summed E-state index contributed by atoms with van der Waals surface area (Å²) in [5.41, 5.74) is 0. The van der Waals surface area contributed by atoms with Crippen LogP contribution in [-0.4, -0.2) is 44.5 Å². The van der Waals surface area contributed by atoms with E-state index in [2.05, 4.69) is 68.5 Å². The molecule has 0 N–H and O–H groups in total. The largest absolute Gasteiger partial charge is 0.437 e. The van der Waals surface area contributed by atoms with Crippen molar-refractivity contribution in [2.45, 2.75) is 70.1 Å². The van der Waals surface area contributed by atoms with E-state index in [1.165, 1.54) is 0 Å². The second kappa shape index (κ2) is 9.12. The quantitative estimate of drug-likeness (QED) is 0.228. The van der Waals surface area contributed by atoms with Crippen LogP contribution in [0, 0.1) is 0 Å². The van der Waals surface area contributed by atoms with Crippen molar-refractivity contribution in [2.24, 2.45) is 7.05 Å². The molecule has 0 saturated carbocycles. The van der Waals surface area contributed by atoms with E-state index in [1.807, 2.05) is 25.5 Å². The lowest BCUT2D eigenvalue weighted by molar-refractivity contribution is -0.713. The number of aromatic nitrogens is 2. The highest BCUT2D eigenvalue weighted by Gasteiger charge is 2.44. The van der Waals surface area contributed by atoms with Crippen molar-refractivity contribution in [1.29, 1.82) is 0 Å². The zero-order valence-electron chi connectivity index (χ0n) is 18.2. The second-order valence-corrected chi connectivity index (χ2v) is 26.7. The molecule has 1 aromatic heterocycles. The van der Waals surface area contributed by atoms with Gasteiger partial charge >= 0.3 is 22.3 Å². The third-order valence-electron chi connectivity index (χ3n) is 3.21. The lowest BCUT2D eigenvalue weighted by atomic mass is 10.7. The van der Waals surface area contributed by atoms with Gasteiger partial charge in [-0.1, -0.05) is 0 Å². The molecule has 0 aliphatic carbocycles. The predicted molar refractivity (Wildman–Crippen MR) is 120 cm³/mol. The highest BCUT2D eigenvalue weighted by molar-refractivity contribution is 7.99. The fraction of sp³-hybridized carbons (Fsp3) is 0.750. The van der Waals surface area contributed by atoms with Crippen LogP contribution in [0.25, 0.3) is 0 Å². The molecule has 26 heavy (non-hydrogen) atoms. The lowest BCUT2D eigenvalue weighted by Crippen LogP contribution is -2.57. The predicted octanol–water partition coefficient (Wildman–Crippen LogP) is 4.49. The molecule has 0 radical (unpaired) electrons. The summed E-state index contributed by atoms with van der Waals surface area (Å²) in [5.74, 6) is 0.940. The number of hydrogen-bond acceptors (Lipinski definition) is 5. The van der Waals surface area contributed by atoms with E-state index in [0.29, 0.717) is 0 Å². The summed E-state index contributed by atoms with van der Waals surface area (Å²) in [6.07, 6.45) is 3.87. The van der Waals surface area contributed by atoms with E-state index in [4.69, 9.17) is 12.3 Å². The average Bonchev–Trinajstić information content (AvgIpc) is 2.34. The maximum Gasteiger partial charge on any atom is 0.358 e. The number of nitrogens with zero attached hydrogens (tertiary/aromatic N) is 2. The van der Waals surface area contributed by atoms with Crippen molar-refractivity contribution >= 4 is 45.5 Å². The van der Waals surface area contributed by atoms with Crippen molar-refractivity contribution < 1.29 is 16.9 Å². The van der Waals surface area contributed by atoms with E-state index in [-0.39, 0.29) is 0 Å². The molecule has 1 atom stereocenters. The van der Waals surface area contributed by atoms with Gasteiger partial charge in [0, 0.05) is 11.8 Å². The van der Waals surface area contributed by atoms with Gasteiger partial charge in [0.05, 0.1) is 13.2 Å². The molecule has 0 bridgehead atoms. The van der Waals surface area contributed by atoms with Crippen LogP contribution in [0.15, 0.2) is 23.6 Å². The highest BCUT2D eigenvalue weighted by Crippen LogP contribution is 2.28. The van der Waals surface area contributed by atoms with Crippen LogP contribution < -0.4 is 4.57 Å². The summed E-state index contributed by atoms with van der Waals surface area (Å²) in [7, 11) is -5.88. The Morgan fingerprint density at radius 3 is 2.00 bits per heavy atom. The van der Waals surface area contributed by atoms with Crippen LogP contribution in [-0.2, 0) is 19.4 Å². The van der Waals surface area contributed by atoms with Crippen LogP contribution in [0.5, 0.6) is 0 Å². The molecule has 1 heterocycles. The van der Waals surface area contributed by atoms with Crippen molar-refractivity contribution in [3.63, 3.8) is 0 Å². The van der Waals surface area contributed by atoms with Gasteiger partial charge < -0.3 is 12.3 Å². The molecule has 5 nitrogen and oxygen atoms in total. The molecular weight excluding hydrogens is 413 g/mol. The summed E-state index contributed by atoms with van der Waals surface area (Å²) >= 11 is 1.76. The zero-order valence-corrected chi connectivity index (χ0v) is 23.0. The van der Waals surface area contributed by atoms with Gasteiger partial charge in [-0.15, -0.1) is 0 Å². The monoisotopic (exact) mass is 449 g/mol. The molecule has 0 fully saturated rings. The summed E-state index contributed by atoms with van der Waals surface area (Å²) in [6, 6.07) is 2.88. The van der Waals surface area contributed by atoms with Crippen LogP contribution in [0.2, 0.25) is 65.0 Å². The molecule has 0 saturated heterocycles. The SMILES string of the molecule is C[n+]1cccnc1SCC[Si](C)(O[Si](C)(C)C)O[Si](C)(C)O[Si](C)(C)C. The zero-order chi connectivity index (χ0) is 20.2. The first-order valence-corrected chi connectivity index (χ1v) is 22.3. The Hall–Kier alpha value is 0.178. The van der Waals surface area contributed by atoms with Gasteiger partial charge in [0.15, 0.2) is 16.6 Å². The van der Waals surface area contributed by atoms with Crippen LogP contribution in [0.4, 0.5) is 0 Å². The fourth-order valence-electron chi connectivity index (χ4n) is 2.94. The molecule has 1 rings (SSSR count). The Morgan fingerprint density at radius 1 is 0.923 bits per heavy atom. The molecule has 0 amide bonds. The van der Waals surface area contributed by atoms with E-state index in [0.717, 1.165) is 17.0 Å². The van der Waals surface area contributed by atoms with Gasteiger partial charge in [-0.3, -0.25) is 0 Å². The summed E-state index contributed by atoms with van der Waals surface area (Å²) < 4.78 is 21.8. The number of hydrogen-bond donors (Lipinski definition) is 0. The number of aryl methyl sites for hydroxylation is 1. The standard InChI is InChI=1S/C16H37N2O3SSi4/c1-18-13-11-12-17-16(18)22-14-15-26(10,20-24(5,6)7)21-25(8,9)19-23(2,3)4/h11-13H,14-15H2,1-10H3/q+1. The normalized spacial score (nSPS) is 15.8. The maximum atomic E-state index is 6.71. The molecule has 1 aromatic rings. The van der Waals surface area contributed by atoms with E-state index < -0.39 is 33.8 Å². The smallest absolute Gasteiger partial charge is 0.358 e. The van der Waals surface area contributed by atoms with Gasteiger partial charge in [0.1, 0.15) is 6.20 Å². The summed E-state index contributed by atoms with van der Waals surface area (Å²) in [6.45, 7) is 19.9. The van der Waals surface area contributed by atoms with Gasteiger partial charge in [-0.05, 0) is 81.7 Å². The topological polar surface area (TPSA) is 44.5 Å². The van der Waals surface area contributed by atoms with E-state index in [9.17, 15) is 0 Å². The highest BCUT2D eigenvalue weighted by atomic mass is 32.2. The Bertz CT molecular complexity index is 594. The van der Waals surface area contributed by atoms with Gasteiger partial charge in [-0.25, -0.2) is 4.57 Å². The first-order valence-electron chi connectivity index (χ1n) is 9.15. The molecule has 0 aliphatic heterocycles. The Kier molecular flexibility index (Phi) is 8.49. The molecule has 1 unspecified atom stereocenters. The first-order chi connectivity index (χ1) is 11.6. The molecule has 0 spiro atoms. The second-order valence-electron chi connectivity index (χ2n) is 9.18. The minimum Gasteiger partial charge on any atom is -0.437 e. The molecular formula is C16H37N2O3SSi4+. The molecule has 0 aromatic carbocycles. The molecule has 10 heteroatoms. The molecule has 0 aliphatic rings. The number of thioether (sulfide) groups is 1. The van der Waals surface area contributed by atoms with Crippen molar-refractivity contribution in [3.8, 4) is 0 Å². The summed E-state index contributed by atoms with van der Waals surface area (Å²) in [4.78, 5) is 4.45.